The van der Waals surface area contributed by atoms with E-state index in [0.29, 0.717) is 6.08 Å². The zero-order valence-electron chi connectivity index (χ0n) is 19.7. The van der Waals surface area contributed by atoms with Crippen molar-refractivity contribution in [3.8, 4) is 0 Å². The zero-order valence-corrected chi connectivity index (χ0v) is 22.7. The number of carbonyl (C=O) groups excluding carboxylic acids is 1. The Morgan fingerprint density at radius 3 is 2.03 bits per heavy atom. The number of hydrogen-bond acceptors (Lipinski definition) is 3. The molecule has 14 heteroatoms. The van der Waals surface area contributed by atoms with Crippen LogP contribution in [0.15, 0.2) is 36.4 Å². The lowest BCUT2D eigenvalue weighted by Gasteiger charge is -2.19. The highest BCUT2D eigenvalue weighted by Gasteiger charge is 2.40. The van der Waals surface area contributed by atoms with Crippen LogP contribution >= 0.6 is 34.8 Å². The molecule has 0 spiro atoms. The number of ketones is 1. The fourth-order valence-corrected chi connectivity index (χ4v) is 5.94. The number of carbonyl (C=O) groups is 1. The van der Waals surface area contributed by atoms with Crippen LogP contribution in [0, 0.1) is 12.8 Å². The van der Waals surface area contributed by atoms with Crippen LogP contribution in [0.2, 0.25) is 15.1 Å². The summed E-state index contributed by atoms with van der Waals surface area (Å²) in [7, 11) is -4.50. The number of halogens is 10. The molecule has 38 heavy (non-hydrogen) atoms. The first-order chi connectivity index (χ1) is 17.2. The average Bonchev–Trinajstić information content (AvgIpc) is 2.71. The van der Waals surface area contributed by atoms with Crippen LogP contribution in [0.5, 0.6) is 0 Å². The highest BCUT2D eigenvalue weighted by molar-refractivity contribution is 7.91. The van der Waals surface area contributed by atoms with Gasteiger partial charge in [-0.2, -0.15) is 26.3 Å². The smallest absolute Gasteiger partial charge is 0.294 e. The number of Topliss-reactive ketones (excluding diaryl/α,β-unsaturated/α-hetero) is 1. The molecule has 0 saturated heterocycles. The molecule has 0 fully saturated rings. The minimum atomic E-state index is -4.93. The third kappa shape index (κ3) is 9.14. The van der Waals surface area contributed by atoms with Gasteiger partial charge in [-0.3, -0.25) is 4.79 Å². The Labute approximate surface area is 229 Å². The van der Waals surface area contributed by atoms with Gasteiger partial charge in [-0.25, -0.2) is 12.8 Å². The van der Waals surface area contributed by atoms with Crippen molar-refractivity contribution in [2.75, 3.05) is 11.5 Å². The van der Waals surface area contributed by atoms with E-state index in [4.69, 9.17) is 34.8 Å². The Balaban J connectivity index is 2.28. The molecule has 0 N–H and O–H groups in total. The molecule has 210 valence electrons. The second kappa shape index (κ2) is 12.1. The van der Waals surface area contributed by atoms with Crippen molar-refractivity contribution in [1.29, 1.82) is 0 Å². The van der Waals surface area contributed by atoms with Gasteiger partial charge in [-0.05, 0) is 48.2 Å². The van der Waals surface area contributed by atoms with Crippen LogP contribution in [0.4, 0.5) is 30.7 Å². The molecule has 2 atom stereocenters. The van der Waals surface area contributed by atoms with Crippen LogP contribution < -0.4 is 0 Å². The number of benzene rings is 2. The standard InChI is InChI=1S/C24H20Cl3F7O3S/c1-12(10-38(36,37)11-23(29,30)31)5-21(35)16-4-3-14(6-13(16)2)20(28)9-17(24(32,33)34)15-7-18(25)22(27)19(26)8-15/h3-4,6-9,12,17H,5,10-11H2,1-2H3/b20-9-/t12-,17?/m0/s1. The van der Waals surface area contributed by atoms with Crippen molar-refractivity contribution < 1.29 is 43.9 Å². The van der Waals surface area contributed by atoms with Crippen molar-refractivity contribution in [1.82, 2.24) is 0 Å². The van der Waals surface area contributed by atoms with E-state index in [1.807, 2.05) is 0 Å². The molecule has 0 saturated carbocycles. The summed E-state index contributed by atoms with van der Waals surface area (Å²) in [5.74, 6) is -8.14. The second-order valence-corrected chi connectivity index (χ2v) is 12.1. The summed E-state index contributed by atoms with van der Waals surface area (Å²) in [5.41, 5.74) is -0.543. The Bertz CT molecular complexity index is 1310. The minimum absolute atomic E-state index is 0.0188. The molecule has 0 bridgehead atoms. The molecule has 2 aromatic carbocycles. The van der Waals surface area contributed by atoms with Gasteiger partial charge in [0, 0.05) is 17.5 Å². The quantitative estimate of drug-likeness (QED) is 0.159. The molecule has 1 unspecified atom stereocenters. The number of alkyl halides is 6. The maximum Gasteiger partial charge on any atom is 0.402 e. The van der Waals surface area contributed by atoms with E-state index >= 15 is 0 Å². The third-order valence-electron chi connectivity index (χ3n) is 5.29. The molecular weight excluding hydrogens is 608 g/mol. The molecule has 3 nitrogen and oxygen atoms in total. The highest BCUT2D eigenvalue weighted by Crippen LogP contribution is 2.42. The Morgan fingerprint density at radius 1 is 1.00 bits per heavy atom. The zero-order chi connectivity index (χ0) is 29.2. The molecule has 0 aliphatic carbocycles. The first-order valence-corrected chi connectivity index (χ1v) is 13.7. The normalized spacial score (nSPS) is 14.9. The summed E-state index contributed by atoms with van der Waals surface area (Å²) in [6.07, 6.45) is -9.93. The van der Waals surface area contributed by atoms with Gasteiger partial charge in [0.15, 0.2) is 15.6 Å². The minimum Gasteiger partial charge on any atom is -0.294 e. The number of sulfone groups is 1. The SMILES string of the molecule is Cc1cc(/C(F)=C/C(c2cc(Cl)c(Cl)c(Cl)c2)C(F)(F)F)ccc1C(=O)C[C@H](C)CS(=O)(=O)CC(F)(F)F. The highest BCUT2D eigenvalue weighted by atomic mass is 35.5. The van der Waals surface area contributed by atoms with E-state index < -0.39 is 69.1 Å². The largest absolute Gasteiger partial charge is 0.402 e. The summed E-state index contributed by atoms with van der Waals surface area (Å²) in [6.45, 7) is 2.68. The van der Waals surface area contributed by atoms with Crippen molar-refractivity contribution in [3.63, 3.8) is 0 Å². The van der Waals surface area contributed by atoms with Crippen LogP contribution in [0.25, 0.3) is 5.83 Å². The van der Waals surface area contributed by atoms with Gasteiger partial charge in [0.2, 0.25) is 0 Å². The molecule has 0 amide bonds. The van der Waals surface area contributed by atoms with Crippen molar-refractivity contribution in [2.24, 2.45) is 5.92 Å². The monoisotopic (exact) mass is 626 g/mol. The van der Waals surface area contributed by atoms with Gasteiger partial charge in [0.1, 0.15) is 17.5 Å². The molecule has 2 rings (SSSR count). The summed E-state index contributed by atoms with van der Waals surface area (Å²) >= 11 is 17.4. The summed E-state index contributed by atoms with van der Waals surface area (Å²) in [5, 5.41) is -0.668. The van der Waals surface area contributed by atoms with Crippen LogP contribution in [-0.4, -0.2) is 38.1 Å². The molecule has 0 aliphatic heterocycles. The fraction of sp³-hybridized carbons (Fsp3) is 0.375. The summed E-state index contributed by atoms with van der Waals surface area (Å²) in [4.78, 5) is 12.6. The number of rotatable bonds is 9. The molecule has 0 heterocycles. The lowest BCUT2D eigenvalue weighted by atomic mass is 9.94. The van der Waals surface area contributed by atoms with E-state index in [0.717, 1.165) is 30.3 Å². The van der Waals surface area contributed by atoms with Crippen LogP contribution in [-0.2, 0) is 9.84 Å². The van der Waals surface area contributed by atoms with Crippen molar-refractivity contribution in [3.05, 3.63) is 73.7 Å². The first kappa shape index (κ1) is 32.4. The Kier molecular flexibility index (Phi) is 10.4. The van der Waals surface area contributed by atoms with Gasteiger partial charge in [0.05, 0.1) is 20.8 Å². The molecule has 0 radical (unpaired) electrons. The topological polar surface area (TPSA) is 51.2 Å². The van der Waals surface area contributed by atoms with E-state index in [-0.39, 0.29) is 31.8 Å². The summed E-state index contributed by atoms with van der Waals surface area (Å²) < 4.78 is 117. The van der Waals surface area contributed by atoms with Gasteiger partial charge in [-0.1, -0.05) is 53.9 Å². The van der Waals surface area contributed by atoms with Gasteiger partial charge in [0.25, 0.3) is 0 Å². The lowest BCUT2D eigenvalue weighted by molar-refractivity contribution is -0.139. The molecule has 0 aliphatic rings. The third-order valence-corrected chi connectivity index (χ3v) is 8.33. The predicted molar refractivity (Wildman–Crippen MR) is 133 cm³/mol. The van der Waals surface area contributed by atoms with Crippen LogP contribution in [0.1, 0.15) is 46.3 Å². The van der Waals surface area contributed by atoms with Gasteiger partial charge >= 0.3 is 12.4 Å². The van der Waals surface area contributed by atoms with Crippen molar-refractivity contribution >= 4 is 56.3 Å². The van der Waals surface area contributed by atoms with E-state index in [1.165, 1.54) is 13.8 Å². The molecule has 0 aromatic heterocycles. The fourth-order valence-electron chi connectivity index (χ4n) is 3.73. The molecular formula is C24H20Cl3F7O3S. The Hall–Kier alpha value is -1.82. The average molecular weight is 628 g/mol. The van der Waals surface area contributed by atoms with Crippen LogP contribution in [0.3, 0.4) is 0 Å². The predicted octanol–water partition coefficient (Wildman–Crippen LogP) is 8.80. The maximum atomic E-state index is 15.0. The Morgan fingerprint density at radius 2 is 1.55 bits per heavy atom. The lowest BCUT2D eigenvalue weighted by Crippen LogP contribution is -2.28. The van der Waals surface area contributed by atoms with E-state index in [9.17, 15) is 43.9 Å². The van der Waals surface area contributed by atoms with Gasteiger partial charge < -0.3 is 0 Å². The second-order valence-electron chi connectivity index (χ2n) is 8.76. The molecule has 2 aromatic rings. The van der Waals surface area contributed by atoms with E-state index in [1.54, 1.807) is 0 Å². The van der Waals surface area contributed by atoms with E-state index in [2.05, 4.69) is 0 Å². The maximum absolute atomic E-state index is 15.0. The number of aryl methyl sites for hydroxylation is 1. The summed E-state index contributed by atoms with van der Waals surface area (Å²) in [6, 6.07) is 5.17. The number of allylic oxidation sites excluding steroid dienone is 1. The first-order valence-electron chi connectivity index (χ1n) is 10.7. The number of hydrogen-bond donors (Lipinski definition) is 0. The van der Waals surface area contributed by atoms with Gasteiger partial charge in [-0.15, -0.1) is 0 Å². The van der Waals surface area contributed by atoms with Crippen molar-refractivity contribution in [2.45, 2.75) is 38.5 Å².